The van der Waals surface area contributed by atoms with E-state index in [1.165, 1.54) is 6.07 Å². The van der Waals surface area contributed by atoms with Crippen LogP contribution in [0.2, 0.25) is 0 Å². The van der Waals surface area contributed by atoms with Crippen molar-refractivity contribution in [3.05, 3.63) is 59.3 Å². The molecule has 2 N–H and O–H groups in total. The highest BCUT2D eigenvalue weighted by molar-refractivity contribution is 6.04. The Morgan fingerprint density at radius 2 is 2.06 bits per heavy atom. The molecule has 2 aromatic heterocycles. The number of halogens is 3. The molecule has 3 aliphatic heterocycles. The zero-order chi connectivity index (χ0) is 32.9. The van der Waals surface area contributed by atoms with Gasteiger partial charge in [0.25, 0.3) is 0 Å². The molecule has 3 saturated heterocycles. The van der Waals surface area contributed by atoms with Gasteiger partial charge in [-0.15, -0.1) is 6.42 Å². The second-order valence-electron chi connectivity index (χ2n) is 14.1. The van der Waals surface area contributed by atoms with Crippen LogP contribution in [0.5, 0.6) is 6.01 Å². The number of benzene rings is 2. The van der Waals surface area contributed by atoms with Crippen LogP contribution in [0, 0.1) is 36.4 Å². The Morgan fingerprint density at radius 3 is 2.85 bits per heavy atom. The van der Waals surface area contributed by atoms with Crippen molar-refractivity contribution < 1.29 is 22.6 Å². The maximum absolute atomic E-state index is 15.1. The Hall–Kier alpha value is -4.40. The third-order valence-corrected chi connectivity index (χ3v) is 11.7. The van der Waals surface area contributed by atoms with Gasteiger partial charge < -0.3 is 20.1 Å². The average Bonchev–Trinajstić information content (AvgIpc) is 3.96. The fourth-order valence-electron chi connectivity index (χ4n) is 8.97. The molecule has 2 aliphatic carbocycles. The van der Waals surface area contributed by atoms with Crippen LogP contribution in [-0.4, -0.2) is 77.1 Å². The molecule has 4 aromatic rings. The zero-order valence-electron chi connectivity index (χ0n) is 26.6. The third-order valence-electron chi connectivity index (χ3n) is 11.7. The summed E-state index contributed by atoms with van der Waals surface area (Å²) in [6, 6.07) is 6.29. The number of fused-ring (bicyclic) bond motifs is 5. The number of nitrogens with two attached hydrogens (primary N) is 1. The largest absolute Gasteiger partial charge is 0.461 e. The molecule has 2 saturated carbocycles. The van der Waals surface area contributed by atoms with Crippen molar-refractivity contribution in [1.82, 2.24) is 19.9 Å². The Balaban J connectivity index is 1.20. The van der Waals surface area contributed by atoms with E-state index in [2.05, 4.69) is 10.8 Å². The molecule has 48 heavy (non-hydrogen) atoms. The number of pyridine rings is 1. The van der Waals surface area contributed by atoms with Gasteiger partial charge in [-0.1, -0.05) is 12.0 Å². The first-order valence-corrected chi connectivity index (χ1v) is 16.6. The lowest BCUT2D eigenvalue weighted by Gasteiger charge is -2.37. The number of hydrogen-bond donors (Lipinski definition) is 1. The minimum absolute atomic E-state index is 0.105. The molecule has 5 aliphatic rings. The van der Waals surface area contributed by atoms with E-state index < -0.39 is 12.0 Å². The van der Waals surface area contributed by atoms with Gasteiger partial charge in [-0.05, 0) is 73.7 Å². The molecule has 0 unspecified atom stereocenters. The van der Waals surface area contributed by atoms with Gasteiger partial charge in [-0.25, -0.2) is 13.2 Å². The van der Waals surface area contributed by atoms with Crippen LogP contribution in [0.1, 0.15) is 36.8 Å². The molecule has 0 radical (unpaired) electrons. The number of aromatic nitrogens is 3. The predicted molar refractivity (Wildman–Crippen MR) is 178 cm³/mol. The second kappa shape index (κ2) is 10.5. The first kappa shape index (κ1) is 29.7. The van der Waals surface area contributed by atoms with E-state index in [1.807, 2.05) is 11.8 Å². The number of rotatable bonds is 5. The molecule has 5 heterocycles. The summed E-state index contributed by atoms with van der Waals surface area (Å²) in [6.07, 6.45) is 11.1. The molecule has 2 aromatic carbocycles. The summed E-state index contributed by atoms with van der Waals surface area (Å²) in [5.41, 5.74) is 9.89. The lowest BCUT2D eigenvalue weighted by Crippen LogP contribution is -2.49. The molecule has 0 bridgehead atoms. The summed E-state index contributed by atoms with van der Waals surface area (Å²) in [5.74, 6) is 2.29. The molecular formula is C37H35F3N6O2. The molecule has 5 fully saturated rings. The van der Waals surface area contributed by atoms with E-state index in [9.17, 15) is 8.78 Å². The Morgan fingerprint density at radius 1 is 1.21 bits per heavy atom. The van der Waals surface area contributed by atoms with E-state index in [-0.39, 0.29) is 34.5 Å². The van der Waals surface area contributed by atoms with Crippen LogP contribution in [0.3, 0.4) is 0 Å². The SMILES string of the molecule is C#Cc1c(F)ccc2cc(N)cc(-c3ncc4c(N5CCOC[C@H]6[C@H](F)[C@H]65)nc(OC[C@]56C/C(=C\F)CN5CCC65CC5)nc4c3C)c12. The minimum atomic E-state index is -1.03. The van der Waals surface area contributed by atoms with Crippen LogP contribution in [0.4, 0.5) is 24.7 Å². The topological polar surface area (TPSA) is 89.6 Å². The fourth-order valence-corrected chi connectivity index (χ4v) is 8.97. The Kier molecular flexibility index (Phi) is 6.53. The number of terminal acetylenes is 1. The van der Waals surface area contributed by atoms with Gasteiger partial charge in [0.1, 0.15) is 24.4 Å². The molecule has 1 spiro atoms. The number of nitrogen functional groups attached to an aromatic ring is 1. The van der Waals surface area contributed by atoms with Crippen molar-refractivity contribution in [1.29, 1.82) is 0 Å². The summed E-state index contributed by atoms with van der Waals surface area (Å²) < 4.78 is 56.2. The van der Waals surface area contributed by atoms with Gasteiger partial charge >= 0.3 is 6.01 Å². The van der Waals surface area contributed by atoms with Gasteiger partial charge in [0, 0.05) is 47.4 Å². The van der Waals surface area contributed by atoms with Gasteiger partial charge in [-0.3, -0.25) is 9.88 Å². The van der Waals surface area contributed by atoms with Crippen LogP contribution >= 0.6 is 0 Å². The summed E-state index contributed by atoms with van der Waals surface area (Å²) in [7, 11) is 0. The Labute approximate surface area is 276 Å². The summed E-state index contributed by atoms with van der Waals surface area (Å²) in [5, 5.41) is 1.87. The lowest BCUT2D eigenvalue weighted by molar-refractivity contribution is 0.0649. The predicted octanol–water partition coefficient (Wildman–Crippen LogP) is 5.89. The normalized spacial score (nSPS) is 28.1. The van der Waals surface area contributed by atoms with Crippen molar-refractivity contribution in [2.75, 3.05) is 50.1 Å². The van der Waals surface area contributed by atoms with Crippen molar-refractivity contribution in [3.8, 4) is 29.6 Å². The third kappa shape index (κ3) is 4.21. The number of aryl methyl sites for hydroxylation is 1. The minimum Gasteiger partial charge on any atom is -0.461 e. The van der Waals surface area contributed by atoms with E-state index in [0.717, 1.165) is 37.7 Å². The molecule has 246 valence electrons. The molecule has 11 heteroatoms. The van der Waals surface area contributed by atoms with E-state index >= 15 is 4.39 Å². The number of hydrogen-bond acceptors (Lipinski definition) is 8. The van der Waals surface area contributed by atoms with Gasteiger partial charge in [-0.2, -0.15) is 9.97 Å². The van der Waals surface area contributed by atoms with Gasteiger partial charge in [0.05, 0.1) is 53.3 Å². The average molecular weight is 653 g/mol. The van der Waals surface area contributed by atoms with Crippen LogP contribution < -0.4 is 15.4 Å². The van der Waals surface area contributed by atoms with Crippen LogP contribution in [0.25, 0.3) is 32.9 Å². The zero-order valence-corrected chi connectivity index (χ0v) is 26.6. The summed E-state index contributed by atoms with van der Waals surface area (Å²) in [4.78, 5) is 19.1. The maximum Gasteiger partial charge on any atom is 0.319 e. The summed E-state index contributed by atoms with van der Waals surface area (Å²) >= 11 is 0. The molecule has 8 nitrogen and oxygen atoms in total. The highest BCUT2D eigenvalue weighted by Gasteiger charge is 2.67. The van der Waals surface area contributed by atoms with Gasteiger partial charge in [0.2, 0.25) is 0 Å². The smallest absolute Gasteiger partial charge is 0.319 e. The van der Waals surface area contributed by atoms with Crippen molar-refractivity contribution in [2.24, 2.45) is 11.3 Å². The maximum atomic E-state index is 15.1. The molecule has 9 rings (SSSR count). The number of alkyl halides is 1. The van der Waals surface area contributed by atoms with Crippen molar-refractivity contribution in [2.45, 2.75) is 50.4 Å². The highest BCUT2D eigenvalue weighted by Crippen LogP contribution is 2.66. The van der Waals surface area contributed by atoms with E-state index in [0.29, 0.717) is 89.3 Å². The first-order valence-electron chi connectivity index (χ1n) is 16.6. The van der Waals surface area contributed by atoms with Crippen LogP contribution in [0.15, 0.2) is 42.4 Å². The number of ether oxygens (including phenoxy) is 2. The second-order valence-corrected chi connectivity index (χ2v) is 14.1. The number of nitrogens with zero attached hydrogens (tertiary/aromatic N) is 5. The molecule has 0 amide bonds. The summed E-state index contributed by atoms with van der Waals surface area (Å²) in [6.45, 7) is 4.95. The van der Waals surface area contributed by atoms with Crippen molar-refractivity contribution >= 4 is 33.2 Å². The monoisotopic (exact) mass is 652 g/mol. The van der Waals surface area contributed by atoms with E-state index in [1.54, 1.807) is 24.4 Å². The highest BCUT2D eigenvalue weighted by atomic mass is 19.1. The molecular weight excluding hydrogens is 617 g/mol. The van der Waals surface area contributed by atoms with Gasteiger partial charge in [0.15, 0.2) is 0 Å². The van der Waals surface area contributed by atoms with Crippen LogP contribution in [-0.2, 0) is 4.74 Å². The quantitative estimate of drug-likeness (QED) is 0.211. The molecule has 4 atom stereocenters. The first-order chi connectivity index (χ1) is 23.3. The standard InChI is InChI=1S/C37H35F3N6O2/c1-3-24-28(39)5-4-22-12-23(41)13-25(29(22)24)31-20(2)32-26(16-42-31)34(46-10-11-47-18-27-30(40)33(27)46)44-35(43-32)48-19-37-14-21(15-38)17-45(37)9-8-36(37)6-7-36/h1,4-5,12-13,15-16,27,30,33H,6-11,14,17-19,41H2,2H3/b21-15+/t27-,30-,33-,37-/m0/s1. The van der Waals surface area contributed by atoms with E-state index in [4.69, 9.17) is 36.6 Å². The Bertz CT molecular complexity index is 2090. The lowest BCUT2D eigenvalue weighted by atomic mass is 9.80. The van der Waals surface area contributed by atoms with Crippen molar-refractivity contribution in [3.63, 3.8) is 0 Å². The fraction of sp³-hybridized carbons (Fsp3) is 0.432. The number of anilines is 2.